The first kappa shape index (κ1) is 13.1. The molecule has 0 saturated carbocycles. The van der Waals surface area contributed by atoms with Crippen molar-refractivity contribution in [3.8, 4) is 0 Å². The fraction of sp³-hybridized carbons (Fsp3) is 0.364. The van der Waals surface area contributed by atoms with Crippen molar-refractivity contribution >= 4 is 17.3 Å². The minimum atomic E-state index is -0.620. The number of hydrogen-bond acceptors (Lipinski definition) is 4. The third kappa shape index (κ3) is 3.01. The molecule has 17 heavy (non-hydrogen) atoms. The second-order valence-electron chi connectivity index (χ2n) is 3.99. The number of nitrogens with two attached hydrogens (primary N) is 1. The van der Waals surface area contributed by atoms with Crippen molar-refractivity contribution in [2.24, 2.45) is 5.73 Å². The Balaban J connectivity index is 3.08. The summed E-state index contributed by atoms with van der Waals surface area (Å²) in [6.45, 7) is 4.89. The van der Waals surface area contributed by atoms with E-state index in [1.54, 1.807) is 26.8 Å². The Morgan fingerprint density at radius 1 is 1.41 bits per heavy atom. The highest BCUT2D eigenvalue weighted by Crippen LogP contribution is 2.25. The first-order chi connectivity index (χ1) is 7.82. The maximum atomic E-state index is 11.4. The van der Waals surface area contributed by atoms with Gasteiger partial charge in [-0.1, -0.05) is 0 Å². The van der Waals surface area contributed by atoms with Gasteiger partial charge in [0, 0.05) is 17.3 Å². The molecule has 0 spiro atoms. The van der Waals surface area contributed by atoms with Crippen LogP contribution in [-0.2, 0) is 4.79 Å². The first-order valence-corrected chi connectivity index (χ1v) is 5.15. The fourth-order valence-electron chi connectivity index (χ4n) is 1.38. The predicted octanol–water partition coefficient (Wildman–Crippen LogP) is 1.50. The summed E-state index contributed by atoms with van der Waals surface area (Å²) in [7, 11) is 0. The molecule has 1 atom stereocenters. The summed E-state index contributed by atoms with van der Waals surface area (Å²) in [5.41, 5.74) is 7.16. The Morgan fingerprint density at radius 3 is 2.47 bits per heavy atom. The van der Waals surface area contributed by atoms with Crippen LogP contribution >= 0.6 is 0 Å². The lowest BCUT2D eigenvalue weighted by Gasteiger charge is -2.11. The Bertz CT molecular complexity index is 469. The SMILES string of the molecule is Cc1cc([N+](=O)[O-])c(C)cc1NC(=O)C(C)N. The van der Waals surface area contributed by atoms with E-state index in [9.17, 15) is 14.9 Å². The van der Waals surface area contributed by atoms with Crippen molar-refractivity contribution in [2.45, 2.75) is 26.8 Å². The summed E-state index contributed by atoms with van der Waals surface area (Å²) in [6.07, 6.45) is 0. The topological polar surface area (TPSA) is 98.3 Å². The van der Waals surface area contributed by atoms with Gasteiger partial charge in [0.2, 0.25) is 5.91 Å². The molecule has 1 aromatic carbocycles. The average Bonchev–Trinajstić information content (AvgIpc) is 2.22. The van der Waals surface area contributed by atoms with Crippen molar-refractivity contribution in [1.29, 1.82) is 0 Å². The highest BCUT2D eigenvalue weighted by atomic mass is 16.6. The lowest BCUT2D eigenvalue weighted by atomic mass is 10.1. The van der Waals surface area contributed by atoms with E-state index in [1.165, 1.54) is 6.07 Å². The summed E-state index contributed by atoms with van der Waals surface area (Å²) < 4.78 is 0. The van der Waals surface area contributed by atoms with Gasteiger partial charge in [0.05, 0.1) is 11.0 Å². The molecule has 0 heterocycles. The fourth-order valence-corrected chi connectivity index (χ4v) is 1.38. The van der Waals surface area contributed by atoms with Gasteiger partial charge in [-0.15, -0.1) is 0 Å². The number of benzene rings is 1. The molecule has 1 aromatic rings. The molecular weight excluding hydrogens is 222 g/mol. The van der Waals surface area contributed by atoms with Crippen molar-refractivity contribution < 1.29 is 9.72 Å². The van der Waals surface area contributed by atoms with Crippen LogP contribution < -0.4 is 11.1 Å². The molecule has 3 N–H and O–H groups in total. The van der Waals surface area contributed by atoms with Crippen LogP contribution in [0.2, 0.25) is 0 Å². The summed E-state index contributed by atoms with van der Waals surface area (Å²) >= 11 is 0. The number of nitro groups is 1. The monoisotopic (exact) mass is 237 g/mol. The van der Waals surface area contributed by atoms with E-state index in [0.29, 0.717) is 16.8 Å². The number of hydrogen-bond donors (Lipinski definition) is 2. The van der Waals surface area contributed by atoms with Crippen LogP contribution in [0.3, 0.4) is 0 Å². The van der Waals surface area contributed by atoms with Gasteiger partial charge in [0.15, 0.2) is 0 Å². The Labute approximate surface area is 99.0 Å². The van der Waals surface area contributed by atoms with Crippen molar-refractivity contribution in [1.82, 2.24) is 0 Å². The van der Waals surface area contributed by atoms with Gasteiger partial charge in [0.1, 0.15) is 0 Å². The molecule has 1 amide bonds. The highest BCUT2D eigenvalue weighted by molar-refractivity contribution is 5.95. The molecule has 0 aliphatic carbocycles. The van der Waals surface area contributed by atoms with E-state index < -0.39 is 11.0 Å². The molecule has 1 unspecified atom stereocenters. The first-order valence-electron chi connectivity index (χ1n) is 5.15. The van der Waals surface area contributed by atoms with Crippen molar-refractivity contribution in [3.05, 3.63) is 33.4 Å². The second-order valence-corrected chi connectivity index (χ2v) is 3.99. The smallest absolute Gasteiger partial charge is 0.272 e. The number of nitrogens with one attached hydrogen (secondary N) is 1. The number of carbonyl (C=O) groups excluding carboxylic acids is 1. The van der Waals surface area contributed by atoms with E-state index in [1.807, 2.05) is 0 Å². The van der Waals surface area contributed by atoms with Crippen LogP contribution in [0.4, 0.5) is 11.4 Å². The number of anilines is 1. The van der Waals surface area contributed by atoms with E-state index in [-0.39, 0.29) is 11.6 Å². The number of aryl methyl sites for hydroxylation is 2. The summed E-state index contributed by atoms with van der Waals surface area (Å²) in [5.74, 6) is -0.318. The number of nitrogens with zero attached hydrogens (tertiary/aromatic N) is 1. The molecule has 6 nitrogen and oxygen atoms in total. The van der Waals surface area contributed by atoms with Crippen LogP contribution in [0.25, 0.3) is 0 Å². The van der Waals surface area contributed by atoms with Gasteiger partial charge in [-0.05, 0) is 32.4 Å². The third-order valence-electron chi connectivity index (χ3n) is 2.41. The maximum Gasteiger partial charge on any atom is 0.272 e. The summed E-state index contributed by atoms with van der Waals surface area (Å²) in [5, 5.41) is 13.3. The van der Waals surface area contributed by atoms with Gasteiger partial charge >= 0.3 is 0 Å². The van der Waals surface area contributed by atoms with Gasteiger partial charge in [-0.3, -0.25) is 14.9 Å². The van der Waals surface area contributed by atoms with Crippen LogP contribution in [0.15, 0.2) is 12.1 Å². The summed E-state index contributed by atoms with van der Waals surface area (Å²) in [4.78, 5) is 21.7. The normalized spacial score (nSPS) is 12.0. The van der Waals surface area contributed by atoms with Gasteiger partial charge in [-0.25, -0.2) is 0 Å². The molecule has 0 fully saturated rings. The number of nitro benzene ring substituents is 1. The number of rotatable bonds is 3. The molecule has 0 aromatic heterocycles. The van der Waals surface area contributed by atoms with Crippen LogP contribution in [0.5, 0.6) is 0 Å². The zero-order chi connectivity index (χ0) is 13.2. The molecule has 92 valence electrons. The van der Waals surface area contributed by atoms with Crippen LogP contribution in [-0.4, -0.2) is 16.9 Å². The molecule has 0 aliphatic rings. The molecule has 6 heteroatoms. The van der Waals surface area contributed by atoms with E-state index in [4.69, 9.17) is 5.73 Å². The predicted molar refractivity (Wildman–Crippen MR) is 64.8 cm³/mol. The van der Waals surface area contributed by atoms with Crippen molar-refractivity contribution in [2.75, 3.05) is 5.32 Å². The minimum absolute atomic E-state index is 0.0429. The Kier molecular flexibility index (Phi) is 3.80. The zero-order valence-corrected chi connectivity index (χ0v) is 9.98. The highest BCUT2D eigenvalue weighted by Gasteiger charge is 2.15. The number of carbonyl (C=O) groups is 1. The molecule has 0 saturated heterocycles. The molecule has 0 aliphatic heterocycles. The molecule has 0 bridgehead atoms. The van der Waals surface area contributed by atoms with Crippen LogP contribution in [0, 0.1) is 24.0 Å². The summed E-state index contributed by atoms with van der Waals surface area (Å²) in [6, 6.07) is 2.39. The molecule has 1 rings (SSSR count). The largest absolute Gasteiger partial charge is 0.324 e. The van der Waals surface area contributed by atoms with E-state index in [0.717, 1.165) is 0 Å². The molecular formula is C11H15N3O3. The number of amides is 1. The lowest BCUT2D eigenvalue weighted by Crippen LogP contribution is -2.32. The molecule has 0 radical (unpaired) electrons. The Morgan fingerprint density at radius 2 is 2.00 bits per heavy atom. The quantitative estimate of drug-likeness (QED) is 0.614. The standard InChI is InChI=1S/C11H15N3O3/c1-6-5-10(14(16)17)7(2)4-9(6)13-11(15)8(3)12/h4-5,8H,12H2,1-3H3,(H,13,15). The average molecular weight is 237 g/mol. The Hall–Kier alpha value is -1.95. The van der Waals surface area contributed by atoms with Crippen LogP contribution in [0.1, 0.15) is 18.1 Å². The maximum absolute atomic E-state index is 11.4. The minimum Gasteiger partial charge on any atom is -0.324 e. The third-order valence-corrected chi connectivity index (χ3v) is 2.41. The van der Waals surface area contributed by atoms with Gasteiger partial charge < -0.3 is 11.1 Å². The van der Waals surface area contributed by atoms with Crippen molar-refractivity contribution in [3.63, 3.8) is 0 Å². The lowest BCUT2D eigenvalue weighted by molar-refractivity contribution is -0.385. The van der Waals surface area contributed by atoms with Gasteiger partial charge in [-0.2, -0.15) is 0 Å². The second kappa shape index (κ2) is 4.92. The van der Waals surface area contributed by atoms with E-state index >= 15 is 0 Å². The van der Waals surface area contributed by atoms with Gasteiger partial charge in [0.25, 0.3) is 5.69 Å². The van der Waals surface area contributed by atoms with E-state index in [2.05, 4.69) is 5.32 Å². The zero-order valence-electron chi connectivity index (χ0n) is 9.98.